The molecule has 0 unspecified atom stereocenters. The van der Waals surface area contributed by atoms with Crippen molar-refractivity contribution < 1.29 is 17.9 Å². The highest BCUT2D eigenvalue weighted by Crippen LogP contribution is 2.20. The first kappa shape index (κ1) is 20.0. The summed E-state index contributed by atoms with van der Waals surface area (Å²) in [5.74, 6) is 0.464. The molecule has 0 aliphatic heterocycles. The maximum absolute atomic E-state index is 12.3. The highest BCUT2D eigenvalue weighted by atomic mass is 32.1. The van der Waals surface area contributed by atoms with E-state index in [-0.39, 0.29) is 12.4 Å². The van der Waals surface area contributed by atoms with Crippen LogP contribution in [0.2, 0.25) is 0 Å². The normalized spacial score (nSPS) is 12.1. The van der Waals surface area contributed by atoms with Crippen molar-refractivity contribution in [3.05, 3.63) is 40.0 Å². The van der Waals surface area contributed by atoms with Gasteiger partial charge in [0, 0.05) is 29.4 Å². The quantitative estimate of drug-likeness (QED) is 0.564. The van der Waals surface area contributed by atoms with Gasteiger partial charge in [-0.15, -0.1) is 11.3 Å². The Balaban J connectivity index is 2.01. The van der Waals surface area contributed by atoms with Gasteiger partial charge in [-0.25, -0.2) is 15.0 Å². The topological polar surface area (TPSA) is 71.4 Å². The smallest absolute Gasteiger partial charge is 0.422 e. The molecule has 0 aliphatic rings. The molecule has 0 spiro atoms. The van der Waals surface area contributed by atoms with Crippen LogP contribution >= 0.6 is 11.3 Å². The molecule has 2 aromatic heterocycles. The number of aliphatic imine (C=N–C) groups is 1. The average molecular weight is 387 g/mol. The zero-order valence-electron chi connectivity index (χ0n) is 14.4. The number of hydrogen-bond acceptors (Lipinski definition) is 5. The lowest BCUT2D eigenvalue weighted by Crippen LogP contribution is -2.36. The second-order valence-corrected chi connectivity index (χ2v) is 6.60. The molecule has 142 valence electrons. The van der Waals surface area contributed by atoms with Gasteiger partial charge < -0.3 is 15.4 Å². The summed E-state index contributed by atoms with van der Waals surface area (Å²) in [6.07, 6.45) is -1.24. The number of nitrogens with zero attached hydrogens (tertiary/aromatic N) is 3. The van der Waals surface area contributed by atoms with Crippen molar-refractivity contribution in [2.24, 2.45) is 4.99 Å². The predicted octanol–water partition coefficient (Wildman–Crippen LogP) is 3.04. The Labute approximate surface area is 153 Å². The summed E-state index contributed by atoms with van der Waals surface area (Å²) < 4.78 is 41.8. The number of thiazole rings is 1. The van der Waals surface area contributed by atoms with Gasteiger partial charge in [0.15, 0.2) is 12.6 Å². The van der Waals surface area contributed by atoms with E-state index in [4.69, 9.17) is 4.74 Å². The minimum absolute atomic E-state index is 0.0695. The number of pyridine rings is 1. The van der Waals surface area contributed by atoms with Gasteiger partial charge in [-0.3, -0.25) is 0 Å². The minimum Gasteiger partial charge on any atom is -0.468 e. The number of nitrogens with one attached hydrogen (secondary N) is 2. The fourth-order valence-electron chi connectivity index (χ4n) is 1.97. The lowest BCUT2D eigenvalue weighted by Gasteiger charge is -2.12. The van der Waals surface area contributed by atoms with Crippen LogP contribution in [0.5, 0.6) is 5.88 Å². The van der Waals surface area contributed by atoms with Gasteiger partial charge in [0.2, 0.25) is 5.88 Å². The summed E-state index contributed by atoms with van der Waals surface area (Å²) in [5.41, 5.74) is 0.471. The number of guanidine groups is 1. The van der Waals surface area contributed by atoms with E-state index in [0.29, 0.717) is 24.6 Å². The molecule has 6 nitrogen and oxygen atoms in total. The Morgan fingerprint density at radius 2 is 2.12 bits per heavy atom. The molecule has 0 bridgehead atoms. The van der Waals surface area contributed by atoms with Crippen molar-refractivity contribution in [1.82, 2.24) is 20.6 Å². The fraction of sp³-hybridized carbons (Fsp3) is 0.438. The third-order valence-electron chi connectivity index (χ3n) is 3.05. The van der Waals surface area contributed by atoms with E-state index in [9.17, 15) is 13.2 Å². The Hall–Kier alpha value is -2.36. The summed E-state index contributed by atoms with van der Waals surface area (Å²) in [7, 11) is 0. The SMILES string of the molecule is CCNC(=NCc1cccnc1OCC(F)(F)F)NCc1ncc(C)s1. The molecule has 10 heteroatoms. The van der Waals surface area contributed by atoms with Crippen LogP contribution < -0.4 is 15.4 Å². The molecule has 2 N–H and O–H groups in total. The van der Waals surface area contributed by atoms with Crippen LogP contribution in [-0.4, -0.2) is 35.3 Å². The summed E-state index contributed by atoms with van der Waals surface area (Å²) in [5, 5.41) is 7.14. The van der Waals surface area contributed by atoms with Crippen LogP contribution in [-0.2, 0) is 13.1 Å². The van der Waals surface area contributed by atoms with E-state index in [1.54, 1.807) is 29.7 Å². The zero-order chi connectivity index (χ0) is 19.0. The molecule has 0 amide bonds. The highest BCUT2D eigenvalue weighted by molar-refractivity contribution is 7.11. The van der Waals surface area contributed by atoms with Crippen LogP contribution in [0, 0.1) is 6.92 Å². The Kier molecular flexibility index (Phi) is 7.19. The third kappa shape index (κ3) is 6.87. The standard InChI is InChI=1S/C16H20F3N5OS/c1-3-20-15(24-9-13-22-7-11(2)26-13)23-8-12-5-4-6-21-14(12)25-10-16(17,18)19/h4-7H,3,8-10H2,1-2H3,(H2,20,23,24). The van der Waals surface area contributed by atoms with Gasteiger partial charge in [0.1, 0.15) is 5.01 Å². The van der Waals surface area contributed by atoms with E-state index < -0.39 is 12.8 Å². The van der Waals surface area contributed by atoms with Gasteiger partial charge in [-0.2, -0.15) is 13.2 Å². The minimum atomic E-state index is -4.42. The van der Waals surface area contributed by atoms with Gasteiger partial charge in [-0.1, -0.05) is 6.07 Å². The zero-order valence-corrected chi connectivity index (χ0v) is 15.2. The Morgan fingerprint density at radius 1 is 1.31 bits per heavy atom. The molecular weight excluding hydrogens is 367 g/mol. The predicted molar refractivity (Wildman–Crippen MR) is 94.3 cm³/mol. The van der Waals surface area contributed by atoms with Gasteiger partial charge in [-0.05, 0) is 19.9 Å². The Morgan fingerprint density at radius 3 is 2.77 bits per heavy atom. The molecule has 26 heavy (non-hydrogen) atoms. The van der Waals surface area contributed by atoms with Gasteiger partial charge in [0.05, 0.1) is 13.1 Å². The molecular formula is C16H20F3N5OS. The third-order valence-corrected chi connectivity index (χ3v) is 3.96. The van der Waals surface area contributed by atoms with Crippen LogP contribution in [0.3, 0.4) is 0 Å². The summed E-state index contributed by atoms with van der Waals surface area (Å²) in [6.45, 7) is 3.80. The van der Waals surface area contributed by atoms with E-state index in [0.717, 1.165) is 9.88 Å². The van der Waals surface area contributed by atoms with E-state index >= 15 is 0 Å². The molecule has 0 aromatic carbocycles. The van der Waals surface area contributed by atoms with E-state index in [1.807, 2.05) is 13.8 Å². The number of alkyl halides is 3. The second kappa shape index (κ2) is 9.37. The molecule has 0 saturated heterocycles. The number of aromatic nitrogens is 2. The molecule has 0 saturated carbocycles. The highest BCUT2D eigenvalue weighted by Gasteiger charge is 2.29. The van der Waals surface area contributed by atoms with Gasteiger partial charge >= 0.3 is 6.18 Å². The largest absolute Gasteiger partial charge is 0.468 e. The number of aryl methyl sites for hydroxylation is 1. The van der Waals surface area contributed by atoms with Gasteiger partial charge in [0.25, 0.3) is 0 Å². The average Bonchev–Trinajstić information content (AvgIpc) is 3.01. The number of ether oxygens (including phenoxy) is 1. The van der Waals surface area contributed by atoms with Crippen LogP contribution in [0.4, 0.5) is 13.2 Å². The first-order valence-corrected chi connectivity index (χ1v) is 8.76. The van der Waals surface area contributed by atoms with Crippen molar-refractivity contribution in [2.75, 3.05) is 13.2 Å². The first-order valence-electron chi connectivity index (χ1n) is 7.94. The van der Waals surface area contributed by atoms with Crippen LogP contribution in [0.1, 0.15) is 22.4 Å². The van der Waals surface area contributed by atoms with Crippen molar-refractivity contribution in [3.8, 4) is 5.88 Å². The van der Waals surface area contributed by atoms with E-state index in [1.165, 1.54) is 6.20 Å². The molecule has 0 atom stereocenters. The molecule has 2 rings (SSSR count). The van der Waals surface area contributed by atoms with Crippen molar-refractivity contribution >= 4 is 17.3 Å². The first-order chi connectivity index (χ1) is 12.4. The lowest BCUT2D eigenvalue weighted by molar-refractivity contribution is -0.154. The molecule has 2 heterocycles. The van der Waals surface area contributed by atoms with Crippen LogP contribution in [0.15, 0.2) is 29.5 Å². The summed E-state index contributed by atoms with van der Waals surface area (Å²) in [6, 6.07) is 3.26. The maximum atomic E-state index is 12.3. The molecule has 0 fully saturated rings. The molecule has 0 radical (unpaired) electrons. The fourth-order valence-corrected chi connectivity index (χ4v) is 2.70. The Bertz CT molecular complexity index is 733. The van der Waals surface area contributed by atoms with E-state index in [2.05, 4.69) is 25.6 Å². The van der Waals surface area contributed by atoms with Crippen molar-refractivity contribution in [2.45, 2.75) is 33.1 Å². The summed E-state index contributed by atoms with van der Waals surface area (Å²) in [4.78, 5) is 13.6. The monoisotopic (exact) mass is 387 g/mol. The van der Waals surface area contributed by atoms with Crippen molar-refractivity contribution in [3.63, 3.8) is 0 Å². The van der Waals surface area contributed by atoms with Crippen LogP contribution in [0.25, 0.3) is 0 Å². The molecule has 0 aliphatic carbocycles. The van der Waals surface area contributed by atoms with Crippen molar-refractivity contribution in [1.29, 1.82) is 0 Å². The lowest BCUT2D eigenvalue weighted by atomic mass is 10.3. The maximum Gasteiger partial charge on any atom is 0.422 e. The number of rotatable bonds is 7. The second-order valence-electron chi connectivity index (χ2n) is 5.28. The summed E-state index contributed by atoms with van der Waals surface area (Å²) >= 11 is 1.58. The number of hydrogen-bond donors (Lipinski definition) is 2. The number of halogens is 3. The molecule has 2 aromatic rings.